The Morgan fingerprint density at radius 1 is 1.80 bits per heavy atom. The molecule has 0 aromatic carbocycles. The van der Waals surface area contributed by atoms with Gasteiger partial charge in [-0.05, 0) is 0 Å². The maximum atomic E-state index is 10.3. The molecule has 0 atom stereocenters. The summed E-state index contributed by atoms with van der Waals surface area (Å²) < 4.78 is 8.12. The van der Waals surface area contributed by atoms with Crippen molar-refractivity contribution in [2.75, 3.05) is 5.73 Å². The third kappa shape index (κ3) is 1.66. The molecule has 0 aliphatic carbocycles. The van der Waals surface area contributed by atoms with Crippen molar-refractivity contribution in [3.05, 3.63) is 0 Å². The number of hydrogen-bond acceptors (Lipinski definition) is 6. The lowest BCUT2D eigenvalue weighted by atomic mass is 10.8. The molecule has 0 saturated carbocycles. The van der Waals surface area contributed by atoms with Gasteiger partial charge in [-0.1, -0.05) is 0 Å². The summed E-state index contributed by atoms with van der Waals surface area (Å²) in [6.07, 6.45) is 0. The van der Waals surface area contributed by atoms with Crippen LogP contribution in [0.1, 0.15) is 6.92 Å². The standard InChI is InChI=1S/C4H5N3O2S/c1-2(8)9-4-6-3(5)10-7-4/h1H3,(H2,5,6,7). The fourth-order valence-corrected chi connectivity index (χ4v) is 0.760. The summed E-state index contributed by atoms with van der Waals surface area (Å²) in [7, 11) is 0. The van der Waals surface area contributed by atoms with E-state index in [1.165, 1.54) is 6.92 Å². The zero-order valence-corrected chi connectivity index (χ0v) is 6.01. The number of ether oxygens (including phenoxy) is 1. The third-order valence-electron chi connectivity index (χ3n) is 0.658. The molecule has 54 valence electrons. The number of carbonyl (C=O) groups excluding carboxylic acids is 1. The molecular weight excluding hydrogens is 154 g/mol. The highest BCUT2D eigenvalue weighted by molar-refractivity contribution is 7.09. The second-order valence-corrected chi connectivity index (χ2v) is 2.29. The number of carbonyl (C=O) groups is 1. The first kappa shape index (κ1) is 6.94. The van der Waals surface area contributed by atoms with E-state index in [1.54, 1.807) is 0 Å². The van der Waals surface area contributed by atoms with Crippen LogP contribution in [0, 0.1) is 0 Å². The van der Waals surface area contributed by atoms with Gasteiger partial charge in [0, 0.05) is 18.5 Å². The van der Waals surface area contributed by atoms with Crippen molar-refractivity contribution >= 4 is 22.6 Å². The Bertz CT molecular complexity index is 246. The number of hydrogen-bond donors (Lipinski definition) is 1. The van der Waals surface area contributed by atoms with E-state index in [0.29, 0.717) is 0 Å². The van der Waals surface area contributed by atoms with Crippen LogP contribution >= 0.6 is 11.5 Å². The van der Waals surface area contributed by atoms with Gasteiger partial charge in [-0.25, -0.2) is 0 Å². The molecule has 10 heavy (non-hydrogen) atoms. The predicted octanol–water partition coefficient (Wildman–Crippen LogP) is 0.0456. The molecule has 0 spiro atoms. The van der Waals surface area contributed by atoms with Gasteiger partial charge in [0.05, 0.1) is 0 Å². The van der Waals surface area contributed by atoms with Gasteiger partial charge in [0.15, 0.2) is 0 Å². The van der Waals surface area contributed by atoms with Crippen LogP contribution < -0.4 is 10.5 Å². The van der Waals surface area contributed by atoms with Gasteiger partial charge in [-0.2, -0.15) is 4.98 Å². The summed E-state index contributed by atoms with van der Waals surface area (Å²) in [5, 5.41) is 0.288. The largest absolute Gasteiger partial charge is 0.390 e. The minimum absolute atomic E-state index is 0.0231. The zero-order chi connectivity index (χ0) is 7.56. The van der Waals surface area contributed by atoms with Crippen LogP contribution in [0.15, 0.2) is 0 Å². The molecule has 0 fully saturated rings. The Hall–Kier alpha value is -1.17. The summed E-state index contributed by atoms with van der Waals surface area (Å²) in [6.45, 7) is 1.28. The molecular formula is C4H5N3O2S. The number of esters is 1. The van der Waals surface area contributed by atoms with E-state index in [1.807, 2.05) is 0 Å². The SMILES string of the molecule is CC(=O)Oc1nsc(N)n1. The molecule has 1 rings (SSSR count). The minimum atomic E-state index is -0.446. The van der Waals surface area contributed by atoms with Crippen molar-refractivity contribution in [1.82, 2.24) is 9.36 Å². The first-order valence-electron chi connectivity index (χ1n) is 2.46. The van der Waals surface area contributed by atoms with E-state index in [2.05, 4.69) is 14.1 Å². The molecule has 0 radical (unpaired) electrons. The van der Waals surface area contributed by atoms with E-state index in [4.69, 9.17) is 5.73 Å². The second kappa shape index (κ2) is 2.61. The smallest absolute Gasteiger partial charge is 0.338 e. The van der Waals surface area contributed by atoms with Crippen molar-refractivity contribution in [2.45, 2.75) is 6.92 Å². The Morgan fingerprint density at radius 3 is 2.90 bits per heavy atom. The zero-order valence-electron chi connectivity index (χ0n) is 5.20. The first-order chi connectivity index (χ1) is 4.68. The molecule has 0 saturated heterocycles. The maximum Gasteiger partial charge on any atom is 0.338 e. The lowest BCUT2D eigenvalue weighted by Crippen LogP contribution is -2.02. The van der Waals surface area contributed by atoms with Crippen LogP contribution in [0.25, 0.3) is 0 Å². The van der Waals surface area contributed by atoms with Crippen molar-refractivity contribution in [2.24, 2.45) is 0 Å². The topological polar surface area (TPSA) is 78.1 Å². The second-order valence-electron chi connectivity index (χ2n) is 1.51. The highest BCUT2D eigenvalue weighted by Gasteiger charge is 2.02. The van der Waals surface area contributed by atoms with Gasteiger partial charge >= 0.3 is 12.0 Å². The normalized spacial score (nSPS) is 9.30. The molecule has 0 aliphatic heterocycles. The van der Waals surface area contributed by atoms with Crippen LogP contribution in [-0.4, -0.2) is 15.3 Å². The van der Waals surface area contributed by atoms with Crippen LogP contribution in [0.2, 0.25) is 0 Å². The molecule has 0 aliphatic rings. The number of anilines is 1. The number of aromatic nitrogens is 2. The Kier molecular flexibility index (Phi) is 1.81. The lowest BCUT2D eigenvalue weighted by molar-refractivity contribution is -0.132. The summed E-state index contributed by atoms with van der Waals surface area (Å²) in [6, 6.07) is 0.0231. The summed E-state index contributed by atoms with van der Waals surface area (Å²) in [4.78, 5) is 13.9. The van der Waals surface area contributed by atoms with E-state index in [9.17, 15) is 4.79 Å². The van der Waals surface area contributed by atoms with Gasteiger partial charge in [0.1, 0.15) is 0 Å². The van der Waals surface area contributed by atoms with Crippen LogP contribution in [0.4, 0.5) is 5.13 Å². The van der Waals surface area contributed by atoms with Crippen LogP contribution in [0.5, 0.6) is 6.01 Å². The maximum absolute atomic E-state index is 10.3. The quantitative estimate of drug-likeness (QED) is 0.585. The van der Waals surface area contributed by atoms with Crippen molar-refractivity contribution in [1.29, 1.82) is 0 Å². The minimum Gasteiger partial charge on any atom is -0.390 e. The van der Waals surface area contributed by atoms with Crippen LogP contribution in [0.3, 0.4) is 0 Å². The van der Waals surface area contributed by atoms with Crippen LogP contribution in [-0.2, 0) is 4.79 Å². The molecule has 0 bridgehead atoms. The summed E-state index contributed by atoms with van der Waals surface area (Å²) in [5.74, 6) is -0.446. The van der Waals surface area contributed by atoms with Crippen molar-refractivity contribution < 1.29 is 9.53 Å². The highest BCUT2D eigenvalue weighted by atomic mass is 32.1. The molecule has 5 nitrogen and oxygen atoms in total. The molecule has 1 aromatic heterocycles. The molecule has 0 amide bonds. The fraction of sp³-hybridized carbons (Fsp3) is 0.250. The van der Waals surface area contributed by atoms with Crippen molar-refractivity contribution in [3.8, 4) is 6.01 Å². The highest BCUT2D eigenvalue weighted by Crippen LogP contribution is 2.11. The number of nitrogen functional groups attached to an aromatic ring is 1. The average Bonchev–Trinajstić information content (AvgIpc) is 2.13. The molecule has 6 heteroatoms. The number of rotatable bonds is 1. The Labute approximate surface area is 61.0 Å². The Balaban J connectivity index is 2.67. The lowest BCUT2D eigenvalue weighted by Gasteiger charge is -1.89. The van der Waals surface area contributed by atoms with E-state index < -0.39 is 5.97 Å². The average molecular weight is 159 g/mol. The molecule has 1 aromatic rings. The first-order valence-corrected chi connectivity index (χ1v) is 3.23. The van der Waals surface area contributed by atoms with Gasteiger partial charge in [0.25, 0.3) is 0 Å². The van der Waals surface area contributed by atoms with E-state index in [0.717, 1.165) is 11.5 Å². The summed E-state index contributed by atoms with van der Waals surface area (Å²) in [5.41, 5.74) is 5.21. The monoisotopic (exact) mass is 159 g/mol. The van der Waals surface area contributed by atoms with Gasteiger partial charge in [-0.15, -0.1) is 4.37 Å². The van der Waals surface area contributed by atoms with Gasteiger partial charge in [0.2, 0.25) is 5.13 Å². The van der Waals surface area contributed by atoms with Crippen molar-refractivity contribution in [3.63, 3.8) is 0 Å². The molecule has 1 heterocycles. The van der Waals surface area contributed by atoms with Gasteiger partial charge < -0.3 is 10.5 Å². The Morgan fingerprint density at radius 2 is 2.50 bits per heavy atom. The van der Waals surface area contributed by atoms with E-state index in [-0.39, 0.29) is 11.1 Å². The molecule has 2 N–H and O–H groups in total. The summed E-state index contributed by atoms with van der Waals surface area (Å²) >= 11 is 0.986. The number of nitrogens with zero attached hydrogens (tertiary/aromatic N) is 2. The van der Waals surface area contributed by atoms with E-state index >= 15 is 0 Å². The number of nitrogens with two attached hydrogens (primary N) is 1. The predicted molar refractivity (Wildman–Crippen MR) is 35.6 cm³/mol. The molecule has 0 unspecified atom stereocenters. The van der Waals surface area contributed by atoms with Gasteiger partial charge in [-0.3, -0.25) is 4.79 Å². The third-order valence-corrected chi connectivity index (χ3v) is 1.18. The fourth-order valence-electron chi connectivity index (χ4n) is 0.391.